The Kier molecular flexibility index (Phi) is 8.82. The summed E-state index contributed by atoms with van der Waals surface area (Å²) in [6, 6.07) is 27.2. The van der Waals surface area contributed by atoms with Crippen LogP contribution in [-0.4, -0.2) is 3.26 Å². The van der Waals surface area contributed by atoms with Crippen LogP contribution in [0.5, 0.6) is 0 Å². The Hall–Kier alpha value is -1.80. The molecule has 32 heavy (non-hydrogen) atoms. The second-order valence-corrected chi connectivity index (χ2v) is 17.5. The molecule has 0 heterocycles. The molecule has 0 aromatic heterocycles. The summed E-state index contributed by atoms with van der Waals surface area (Å²) in [6.07, 6.45) is 14.8. The summed E-state index contributed by atoms with van der Waals surface area (Å²) in [7, 11) is 0. The number of hydrogen-bond donors (Lipinski definition) is 0. The largest absolute Gasteiger partial charge is 1.00 e. The number of hydrogen-bond acceptors (Lipinski definition) is 0. The predicted molar refractivity (Wildman–Crippen MR) is 126 cm³/mol. The summed E-state index contributed by atoms with van der Waals surface area (Å²) in [5.74, 6) is 0. The quantitative estimate of drug-likeness (QED) is 0.218. The van der Waals surface area contributed by atoms with Gasteiger partial charge in [0, 0.05) is 0 Å². The first-order valence-corrected chi connectivity index (χ1v) is 16.5. The van der Waals surface area contributed by atoms with Crippen LogP contribution in [0.15, 0.2) is 110 Å². The first kappa shape index (κ1) is 24.8. The molecule has 3 aromatic rings. The van der Waals surface area contributed by atoms with Gasteiger partial charge in [0.15, 0.2) is 0 Å². The molecule has 0 aliphatic heterocycles. The van der Waals surface area contributed by atoms with E-state index in [1.54, 1.807) is 12.1 Å². The summed E-state index contributed by atoms with van der Waals surface area (Å²) in [5, 5.41) is 0. The molecular formula is C29H26Cl2Hf. The van der Waals surface area contributed by atoms with Crippen molar-refractivity contribution in [1.82, 2.24) is 0 Å². The van der Waals surface area contributed by atoms with Gasteiger partial charge in [-0.25, -0.2) is 0 Å². The molecule has 0 nitrogen and oxygen atoms in total. The smallest absolute Gasteiger partial charge is 1.00 e. The molecule has 0 saturated carbocycles. The molecule has 160 valence electrons. The maximum Gasteiger partial charge on any atom is -1.00 e. The van der Waals surface area contributed by atoms with Gasteiger partial charge in [-0.1, -0.05) is 0 Å². The minimum atomic E-state index is -2.48. The number of benzene rings is 3. The maximum atomic E-state index is 4.02. The van der Waals surface area contributed by atoms with Crippen LogP contribution in [0.1, 0.15) is 29.5 Å². The van der Waals surface area contributed by atoms with E-state index in [-0.39, 0.29) is 24.8 Å². The fourth-order valence-electron chi connectivity index (χ4n) is 4.90. The van der Waals surface area contributed by atoms with Crippen LogP contribution in [0.25, 0.3) is 11.1 Å². The average Bonchev–Trinajstić information content (AvgIpc) is 3.45. The Balaban J connectivity index is 0.00000144. The van der Waals surface area contributed by atoms with Gasteiger partial charge in [-0.05, 0) is 0 Å². The van der Waals surface area contributed by atoms with Crippen molar-refractivity contribution in [2.75, 3.05) is 0 Å². The standard InChI is InChI=1S/C13H9.C11H12.C5H5.2ClH.Hf/c1-3-7-12-10(5-1)9-11-6-2-4-8-13(11)12;1-2-3-5-8-11-9-6-4-7-10-11;1-2-4-5-3-1;;;/h1-5,7-8H,9H2;2,4,6-7,9-10H,1,3,5H2;1-5H;2*1H;/q;;;;;+2/p-2. The van der Waals surface area contributed by atoms with Crippen LogP contribution in [-0.2, 0) is 27.4 Å². The van der Waals surface area contributed by atoms with Crippen LogP contribution in [0.3, 0.4) is 0 Å². The fraction of sp³-hybridized carbons (Fsp3) is 0.138. The van der Waals surface area contributed by atoms with E-state index in [4.69, 9.17) is 0 Å². The number of fused-ring (bicyclic) bond motifs is 3. The van der Waals surface area contributed by atoms with Crippen molar-refractivity contribution < 1.29 is 45.8 Å². The summed E-state index contributed by atoms with van der Waals surface area (Å²) < 4.78 is 4.02. The zero-order valence-corrected chi connectivity index (χ0v) is 23.1. The Bertz CT molecular complexity index is 1180. The third-order valence-corrected chi connectivity index (χ3v) is 18.1. The topological polar surface area (TPSA) is 0 Å². The number of halogens is 2. The SMILES string of the molecule is C=CCC[C](c1ccccc1)=[Hf+2]([c]1cccc2c1Cc1ccccc1-2)[CH]1C=CC=C1.[Cl-].[Cl-]. The Morgan fingerprint density at radius 1 is 0.844 bits per heavy atom. The van der Waals surface area contributed by atoms with Gasteiger partial charge in [0.25, 0.3) is 0 Å². The second kappa shape index (κ2) is 11.4. The van der Waals surface area contributed by atoms with Crippen molar-refractivity contribution >= 4 is 6.58 Å². The molecule has 3 heteroatoms. The van der Waals surface area contributed by atoms with Crippen molar-refractivity contribution in [2.45, 2.75) is 22.9 Å². The van der Waals surface area contributed by atoms with Crippen LogP contribution in [0.4, 0.5) is 0 Å². The van der Waals surface area contributed by atoms with Gasteiger partial charge in [-0.3, -0.25) is 0 Å². The molecule has 0 atom stereocenters. The zero-order valence-electron chi connectivity index (χ0n) is 18.0. The third kappa shape index (κ3) is 4.76. The molecule has 0 saturated heterocycles. The summed E-state index contributed by atoms with van der Waals surface area (Å²) in [6.45, 7) is 4.02. The fourth-order valence-corrected chi connectivity index (χ4v) is 17.1. The Morgan fingerprint density at radius 2 is 1.53 bits per heavy atom. The van der Waals surface area contributed by atoms with Gasteiger partial charge >= 0.3 is 188 Å². The molecule has 0 fully saturated rings. The molecule has 5 rings (SSSR count). The van der Waals surface area contributed by atoms with Crippen molar-refractivity contribution in [3.8, 4) is 11.1 Å². The van der Waals surface area contributed by atoms with E-state index in [1.807, 2.05) is 0 Å². The number of allylic oxidation sites excluding steroid dienone is 5. The van der Waals surface area contributed by atoms with Crippen LogP contribution < -0.4 is 28.1 Å². The maximum absolute atomic E-state index is 4.02. The molecule has 0 N–H and O–H groups in total. The van der Waals surface area contributed by atoms with Gasteiger partial charge in [0.05, 0.1) is 0 Å². The molecule has 3 aromatic carbocycles. The van der Waals surface area contributed by atoms with Gasteiger partial charge < -0.3 is 24.8 Å². The third-order valence-electron chi connectivity index (χ3n) is 6.27. The van der Waals surface area contributed by atoms with E-state index in [2.05, 4.69) is 110 Å². The van der Waals surface area contributed by atoms with Crippen molar-refractivity contribution in [3.05, 3.63) is 126 Å². The van der Waals surface area contributed by atoms with Gasteiger partial charge in [-0.2, -0.15) is 0 Å². The summed E-state index contributed by atoms with van der Waals surface area (Å²) in [4.78, 5) is 0. The van der Waals surface area contributed by atoms with Crippen LogP contribution in [0.2, 0.25) is 3.67 Å². The summed E-state index contributed by atoms with van der Waals surface area (Å²) in [5.41, 5.74) is 7.43. The van der Waals surface area contributed by atoms with E-state index in [9.17, 15) is 0 Å². The van der Waals surface area contributed by atoms with Gasteiger partial charge in [0.1, 0.15) is 0 Å². The number of rotatable bonds is 6. The normalized spacial score (nSPS) is 13.6. The average molecular weight is 624 g/mol. The Morgan fingerprint density at radius 3 is 2.28 bits per heavy atom. The van der Waals surface area contributed by atoms with Crippen LogP contribution >= 0.6 is 0 Å². The Labute approximate surface area is 211 Å². The monoisotopic (exact) mass is 624 g/mol. The van der Waals surface area contributed by atoms with Crippen molar-refractivity contribution in [3.63, 3.8) is 0 Å². The van der Waals surface area contributed by atoms with E-state index in [0.29, 0.717) is 3.67 Å². The van der Waals surface area contributed by atoms with Crippen molar-refractivity contribution in [1.29, 1.82) is 0 Å². The first-order valence-electron chi connectivity index (χ1n) is 10.8. The van der Waals surface area contributed by atoms with E-state index in [0.717, 1.165) is 19.3 Å². The molecule has 0 amide bonds. The van der Waals surface area contributed by atoms with Crippen molar-refractivity contribution in [2.24, 2.45) is 0 Å². The molecule has 2 aliphatic rings. The van der Waals surface area contributed by atoms with E-state index in [1.165, 1.54) is 22.3 Å². The molecule has 0 bridgehead atoms. The van der Waals surface area contributed by atoms with Crippen LogP contribution in [0, 0.1) is 0 Å². The molecular weight excluding hydrogens is 598 g/mol. The molecule has 0 radical (unpaired) electrons. The predicted octanol–water partition coefficient (Wildman–Crippen LogP) is 0.611. The van der Waals surface area contributed by atoms with E-state index >= 15 is 0 Å². The summed E-state index contributed by atoms with van der Waals surface area (Å²) >= 11 is -2.48. The minimum Gasteiger partial charge on any atom is -1.00 e. The first-order chi connectivity index (χ1) is 14.9. The molecule has 2 aliphatic carbocycles. The van der Waals surface area contributed by atoms with E-state index < -0.39 is 21.0 Å². The van der Waals surface area contributed by atoms with Gasteiger partial charge in [0.2, 0.25) is 0 Å². The molecule has 0 spiro atoms. The van der Waals surface area contributed by atoms with Gasteiger partial charge in [-0.15, -0.1) is 0 Å². The second-order valence-electron chi connectivity index (χ2n) is 8.05. The zero-order chi connectivity index (χ0) is 20.3. The minimum absolute atomic E-state index is 0. The molecule has 0 unspecified atom stereocenters.